The van der Waals surface area contributed by atoms with Gasteiger partial charge in [-0.15, -0.1) is 11.3 Å². The molecule has 0 saturated carbocycles. The van der Waals surface area contributed by atoms with Crippen molar-refractivity contribution in [3.8, 4) is 17.6 Å². The second-order valence-electron chi connectivity index (χ2n) is 10.7. The van der Waals surface area contributed by atoms with E-state index in [0.717, 1.165) is 41.0 Å². The van der Waals surface area contributed by atoms with E-state index < -0.39 is 0 Å². The van der Waals surface area contributed by atoms with Crippen LogP contribution in [0.4, 0.5) is 5.00 Å². The van der Waals surface area contributed by atoms with E-state index in [4.69, 9.17) is 14.5 Å². The predicted molar refractivity (Wildman–Crippen MR) is 153 cm³/mol. The summed E-state index contributed by atoms with van der Waals surface area (Å²) in [5.74, 6) is 1.97. The highest BCUT2D eigenvalue weighted by Gasteiger charge is 2.32. The Labute approximate surface area is 223 Å². The van der Waals surface area contributed by atoms with Crippen LogP contribution >= 0.6 is 11.3 Å². The smallest absolute Gasteiger partial charge is 0.161 e. The number of rotatable bonds is 6. The molecule has 188 valence electrons. The largest absolute Gasteiger partial charge is 0.493 e. The van der Waals surface area contributed by atoms with Crippen molar-refractivity contribution in [3.05, 3.63) is 87.8 Å². The zero-order valence-corrected chi connectivity index (χ0v) is 22.7. The first-order valence-electron chi connectivity index (χ1n) is 12.7. The minimum Gasteiger partial charge on any atom is -0.493 e. The van der Waals surface area contributed by atoms with Gasteiger partial charge in [0.25, 0.3) is 0 Å². The number of methoxy groups -OCH3 is 1. The molecule has 3 aromatic carbocycles. The fourth-order valence-electron chi connectivity index (χ4n) is 5.11. The van der Waals surface area contributed by atoms with E-state index in [1.165, 1.54) is 21.2 Å². The number of fused-ring (bicyclic) bond motifs is 2. The first-order valence-corrected chi connectivity index (χ1v) is 13.5. The molecular formula is C32H32N2O2S. The summed E-state index contributed by atoms with van der Waals surface area (Å²) in [4.78, 5) is 6.07. The molecule has 1 atom stereocenters. The van der Waals surface area contributed by atoms with Crippen LogP contribution in [-0.2, 0) is 19.4 Å². The van der Waals surface area contributed by atoms with Gasteiger partial charge in [-0.2, -0.15) is 5.26 Å². The van der Waals surface area contributed by atoms with E-state index >= 15 is 0 Å². The second-order valence-corrected chi connectivity index (χ2v) is 11.8. The van der Waals surface area contributed by atoms with Gasteiger partial charge in [-0.3, -0.25) is 0 Å². The number of aliphatic imine (C=N–C) groups is 1. The molecular weight excluding hydrogens is 476 g/mol. The molecule has 4 nitrogen and oxygen atoms in total. The molecule has 0 fully saturated rings. The van der Waals surface area contributed by atoms with Crippen LogP contribution in [-0.4, -0.2) is 13.3 Å². The molecule has 0 bridgehead atoms. The van der Waals surface area contributed by atoms with Crippen LogP contribution in [0.5, 0.6) is 11.5 Å². The Bertz CT molecular complexity index is 1500. The number of ether oxygens (including phenoxy) is 2. The number of nitriles is 1. The maximum absolute atomic E-state index is 9.87. The van der Waals surface area contributed by atoms with Crippen LogP contribution in [0, 0.1) is 22.7 Å². The molecule has 0 saturated heterocycles. The SMILES string of the molecule is COc1cc(C=Nc2sc3c(c2C#N)CC[C@@H](C(C)(C)C)C3)ccc1OCc1cccc2ccccc12. The van der Waals surface area contributed by atoms with E-state index in [2.05, 4.69) is 57.2 Å². The van der Waals surface area contributed by atoms with Gasteiger partial charge in [0.1, 0.15) is 17.7 Å². The minimum atomic E-state index is 0.270. The maximum atomic E-state index is 9.87. The average Bonchev–Trinajstić information content (AvgIpc) is 3.27. The zero-order chi connectivity index (χ0) is 26.0. The third-order valence-electron chi connectivity index (χ3n) is 7.36. The van der Waals surface area contributed by atoms with Gasteiger partial charge in [-0.25, -0.2) is 4.99 Å². The summed E-state index contributed by atoms with van der Waals surface area (Å²) >= 11 is 1.67. The van der Waals surface area contributed by atoms with Crippen LogP contribution in [0.3, 0.4) is 0 Å². The molecule has 0 amide bonds. The van der Waals surface area contributed by atoms with Gasteiger partial charge in [0.05, 0.1) is 12.7 Å². The summed E-state index contributed by atoms with van der Waals surface area (Å²) in [6.45, 7) is 7.38. The van der Waals surface area contributed by atoms with Crippen LogP contribution in [0.2, 0.25) is 0 Å². The van der Waals surface area contributed by atoms with Gasteiger partial charge < -0.3 is 9.47 Å². The monoisotopic (exact) mass is 508 g/mol. The van der Waals surface area contributed by atoms with Crippen molar-refractivity contribution in [1.29, 1.82) is 5.26 Å². The molecule has 5 rings (SSSR count). The first kappa shape index (κ1) is 25.0. The Morgan fingerprint density at radius 3 is 2.68 bits per heavy atom. The Morgan fingerprint density at radius 2 is 1.89 bits per heavy atom. The van der Waals surface area contributed by atoms with Crippen molar-refractivity contribution in [2.24, 2.45) is 16.3 Å². The first-order chi connectivity index (χ1) is 17.9. The van der Waals surface area contributed by atoms with Crippen molar-refractivity contribution >= 4 is 33.3 Å². The number of nitrogens with zero attached hydrogens (tertiary/aromatic N) is 2. The Balaban J connectivity index is 1.34. The normalized spacial score (nSPS) is 15.5. The minimum absolute atomic E-state index is 0.270. The van der Waals surface area contributed by atoms with Crippen LogP contribution in [0.1, 0.15) is 54.3 Å². The molecule has 1 aliphatic carbocycles. The molecule has 0 radical (unpaired) electrons. The van der Waals surface area contributed by atoms with Gasteiger partial charge >= 0.3 is 0 Å². The van der Waals surface area contributed by atoms with E-state index in [1.54, 1.807) is 18.4 Å². The van der Waals surface area contributed by atoms with Gasteiger partial charge in [0.15, 0.2) is 11.5 Å². The highest BCUT2D eigenvalue weighted by atomic mass is 32.1. The van der Waals surface area contributed by atoms with Crippen molar-refractivity contribution in [1.82, 2.24) is 0 Å². The van der Waals surface area contributed by atoms with E-state index in [1.807, 2.05) is 36.5 Å². The molecule has 1 heterocycles. The fraction of sp³-hybridized carbons (Fsp3) is 0.312. The zero-order valence-electron chi connectivity index (χ0n) is 21.9. The van der Waals surface area contributed by atoms with Crippen LogP contribution in [0.15, 0.2) is 65.7 Å². The van der Waals surface area contributed by atoms with Gasteiger partial charge in [-0.1, -0.05) is 63.2 Å². The molecule has 0 unspecified atom stereocenters. The number of thiophene rings is 1. The summed E-state index contributed by atoms with van der Waals surface area (Å²) in [5.41, 5.74) is 4.24. The Hall–Kier alpha value is -3.62. The van der Waals surface area contributed by atoms with Crippen molar-refractivity contribution in [2.45, 2.75) is 46.6 Å². The third kappa shape index (κ3) is 5.26. The molecule has 1 aliphatic rings. The molecule has 4 aromatic rings. The van der Waals surface area contributed by atoms with Gasteiger partial charge in [0, 0.05) is 11.1 Å². The second kappa shape index (κ2) is 10.4. The maximum Gasteiger partial charge on any atom is 0.161 e. The molecule has 0 N–H and O–H groups in total. The quantitative estimate of drug-likeness (QED) is 0.246. The summed E-state index contributed by atoms with van der Waals surface area (Å²) in [6, 6.07) is 22.8. The van der Waals surface area contributed by atoms with Crippen molar-refractivity contribution in [3.63, 3.8) is 0 Å². The lowest BCUT2D eigenvalue weighted by atomic mass is 9.72. The molecule has 5 heteroatoms. The number of hydrogen-bond acceptors (Lipinski definition) is 5. The summed E-state index contributed by atoms with van der Waals surface area (Å²) in [5, 5.41) is 13.1. The van der Waals surface area contributed by atoms with E-state index in [-0.39, 0.29) is 5.41 Å². The van der Waals surface area contributed by atoms with Gasteiger partial charge in [-0.05, 0) is 76.3 Å². The Kier molecular flexibility index (Phi) is 7.04. The van der Waals surface area contributed by atoms with Crippen molar-refractivity contribution < 1.29 is 9.47 Å². The number of hydrogen-bond donors (Lipinski definition) is 0. The van der Waals surface area contributed by atoms with Crippen LogP contribution in [0.25, 0.3) is 10.8 Å². The summed E-state index contributed by atoms with van der Waals surface area (Å²) in [7, 11) is 1.65. The van der Waals surface area contributed by atoms with Gasteiger partial charge in [0.2, 0.25) is 0 Å². The predicted octanol–water partition coefficient (Wildman–Crippen LogP) is 8.26. The highest BCUT2D eigenvalue weighted by Crippen LogP contribution is 2.45. The molecule has 0 spiro atoms. The standard InChI is InChI=1S/C32H32N2O2S/c1-32(2,3)24-13-14-26-27(18-33)31(37-30(26)17-24)34-19-21-12-15-28(29(16-21)35-4)36-20-23-10-7-9-22-8-5-6-11-25(22)23/h5-12,15-16,19,24H,13-14,17,20H2,1-4H3/t24-/m1/s1. The van der Waals surface area contributed by atoms with Crippen molar-refractivity contribution in [2.75, 3.05) is 7.11 Å². The van der Waals surface area contributed by atoms with E-state index in [0.29, 0.717) is 24.0 Å². The topological polar surface area (TPSA) is 54.6 Å². The highest BCUT2D eigenvalue weighted by molar-refractivity contribution is 7.16. The molecule has 0 aliphatic heterocycles. The molecule has 1 aromatic heterocycles. The summed E-state index contributed by atoms with van der Waals surface area (Å²) < 4.78 is 11.8. The number of benzene rings is 3. The lowest BCUT2D eigenvalue weighted by Crippen LogP contribution is -2.26. The third-order valence-corrected chi connectivity index (χ3v) is 8.53. The lowest BCUT2D eigenvalue weighted by molar-refractivity contribution is 0.218. The van der Waals surface area contributed by atoms with Crippen LogP contribution < -0.4 is 9.47 Å². The molecule has 37 heavy (non-hydrogen) atoms. The fourth-order valence-corrected chi connectivity index (χ4v) is 6.33. The lowest BCUT2D eigenvalue weighted by Gasteiger charge is -2.33. The van der Waals surface area contributed by atoms with E-state index in [9.17, 15) is 5.26 Å². The average molecular weight is 509 g/mol. The summed E-state index contributed by atoms with van der Waals surface area (Å²) in [6.07, 6.45) is 4.94. The Morgan fingerprint density at radius 1 is 1.08 bits per heavy atom.